The normalized spacial score (nSPS) is 7.95. The van der Waals surface area contributed by atoms with Gasteiger partial charge >= 0.3 is 0 Å². The van der Waals surface area contributed by atoms with Crippen LogP contribution in [0.2, 0.25) is 0 Å². The molecular formula is C16H32N2S. The van der Waals surface area contributed by atoms with Crippen molar-refractivity contribution in [2.45, 2.75) is 48.5 Å². The second-order valence-corrected chi connectivity index (χ2v) is 3.84. The van der Waals surface area contributed by atoms with Gasteiger partial charge in [-0.15, -0.1) is 0 Å². The van der Waals surface area contributed by atoms with Gasteiger partial charge in [0.25, 0.3) is 0 Å². The van der Waals surface area contributed by atoms with Gasteiger partial charge in [-0.1, -0.05) is 39.8 Å². The Labute approximate surface area is 126 Å². The Morgan fingerprint density at radius 2 is 1.47 bits per heavy atom. The Bertz CT molecular complexity index is 337. The van der Waals surface area contributed by atoms with Gasteiger partial charge in [0.1, 0.15) is 0 Å². The van der Waals surface area contributed by atoms with Crippen LogP contribution in [0, 0.1) is 13.8 Å². The summed E-state index contributed by atoms with van der Waals surface area (Å²) in [6.45, 7) is 18.8. The number of nitrogens with two attached hydrogens (primary N) is 1. The average molecular weight is 285 g/mol. The molecule has 2 nitrogen and oxygen atoms in total. The summed E-state index contributed by atoms with van der Waals surface area (Å²) >= 11 is 0. The monoisotopic (exact) mass is 284 g/mol. The van der Waals surface area contributed by atoms with Crippen molar-refractivity contribution >= 4 is 24.9 Å². The second kappa shape index (κ2) is 13.3. The van der Waals surface area contributed by atoms with E-state index in [1.807, 2.05) is 46.8 Å². The molecule has 19 heavy (non-hydrogen) atoms. The number of aryl methyl sites for hydroxylation is 2. The summed E-state index contributed by atoms with van der Waals surface area (Å²) < 4.78 is 0. The molecule has 1 aromatic rings. The fourth-order valence-electron chi connectivity index (χ4n) is 1.52. The molecule has 0 spiro atoms. The third kappa shape index (κ3) is 9.48. The van der Waals surface area contributed by atoms with Crippen LogP contribution in [0.15, 0.2) is 24.3 Å². The first-order valence-electron chi connectivity index (χ1n) is 6.75. The van der Waals surface area contributed by atoms with Crippen molar-refractivity contribution in [3.8, 4) is 0 Å². The Morgan fingerprint density at radius 1 is 1.11 bits per heavy atom. The molecule has 0 radical (unpaired) electrons. The highest BCUT2D eigenvalue weighted by Gasteiger charge is 2.02. The summed E-state index contributed by atoms with van der Waals surface area (Å²) in [6, 6.07) is 3.96. The number of benzene rings is 1. The van der Waals surface area contributed by atoms with Crippen molar-refractivity contribution in [2.75, 3.05) is 17.6 Å². The molecule has 1 aromatic carbocycles. The number of nitrogen functional groups attached to an aromatic ring is 1. The molecule has 0 fully saturated rings. The van der Waals surface area contributed by atoms with Gasteiger partial charge in [-0.2, -0.15) is 13.5 Å². The quantitative estimate of drug-likeness (QED) is 0.603. The van der Waals surface area contributed by atoms with Crippen molar-refractivity contribution in [3.63, 3.8) is 0 Å². The predicted molar refractivity (Wildman–Crippen MR) is 96.7 cm³/mol. The maximum Gasteiger partial charge on any atom is 0.0403 e. The molecule has 0 aliphatic rings. The lowest BCUT2D eigenvalue weighted by Gasteiger charge is -2.13. The molecule has 0 saturated heterocycles. The third-order valence-corrected chi connectivity index (χ3v) is 2.12. The molecule has 112 valence electrons. The van der Waals surface area contributed by atoms with Crippen LogP contribution in [-0.2, 0) is 0 Å². The van der Waals surface area contributed by atoms with Crippen LogP contribution in [0.1, 0.15) is 45.7 Å². The molecule has 0 aliphatic heterocycles. The molecule has 0 aliphatic carbocycles. The topological polar surface area (TPSA) is 38.0 Å². The van der Waals surface area contributed by atoms with Crippen molar-refractivity contribution in [1.29, 1.82) is 0 Å². The fourth-order valence-corrected chi connectivity index (χ4v) is 1.52. The van der Waals surface area contributed by atoms with Crippen molar-refractivity contribution < 1.29 is 0 Å². The Balaban J connectivity index is -0.000000467. The van der Waals surface area contributed by atoms with Crippen LogP contribution in [0.5, 0.6) is 0 Å². The van der Waals surface area contributed by atoms with Crippen LogP contribution in [0.25, 0.3) is 0 Å². The smallest absolute Gasteiger partial charge is 0.0403 e. The zero-order chi connectivity index (χ0) is 14.7. The van der Waals surface area contributed by atoms with Crippen LogP contribution >= 0.6 is 13.5 Å². The molecule has 3 N–H and O–H groups in total. The minimum atomic E-state index is 0. The molecule has 0 amide bonds. The lowest BCUT2D eigenvalue weighted by Crippen LogP contribution is -2.05. The average Bonchev–Trinajstić information content (AvgIpc) is 2.32. The van der Waals surface area contributed by atoms with Gasteiger partial charge in [0.05, 0.1) is 0 Å². The molecule has 0 aromatic heterocycles. The first-order valence-corrected chi connectivity index (χ1v) is 6.75. The van der Waals surface area contributed by atoms with Gasteiger partial charge in [0.15, 0.2) is 0 Å². The van der Waals surface area contributed by atoms with Gasteiger partial charge in [-0.25, -0.2) is 0 Å². The summed E-state index contributed by atoms with van der Waals surface area (Å²) in [5, 5.41) is 3.35. The lowest BCUT2D eigenvalue weighted by molar-refractivity contribution is 1.19. The number of rotatable bonds is 3. The van der Waals surface area contributed by atoms with Gasteiger partial charge in [0.2, 0.25) is 0 Å². The van der Waals surface area contributed by atoms with Gasteiger partial charge in [-0.05, 0) is 44.0 Å². The van der Waals surface area contributed by atoms with Gasteiger partial charge < -0.3 is 11.1 Å². The largest absolute Gasteiger partial charge is 0.399 e. The van der Waals surface area contributed by atoms with E-state index < -0.39 is 0 Å². The minimum Gasteiger partial charge on any atom is -0.399 e. The summed E-state index contributed by atoms with van der Waals surface area (Å²) in [7, 11) is 0. The summed E-state index contributed by atoms with van der Waals surface area (Å²) in [5.74, 6) is 0. The van der Waals surface area contributed by atoms with Crippen LogP contribution in [0.4, 0.5) is 11.4 Å². The predicted octanol–water partition coefficient (Wildman–Crippen LogP) is 5.04. The van der Waals surface area contributed by atoms with E-state index in [9.17, 15) is 0 Å². The number of hydrogen-bond acceptors (Lipinski definition) is 2. The van der Waals surface area contributed by atoms with Gasteiger partial charge in [0, 0.05) is 17.9 Å². The zero-order valence-electron chi connectivity index (χ0n) is 13.6. The maximum absolute atomic E-state index is 5.74. The van der Waals surface area contributed by atoms with Crippen LogP contribution in [0.3, 0.4) is 0 Å². The van der Waals surface area contributed by atoms with Crippen LogP contribution < -0.4 is 11.1 Å². The van der Waals surface area contributed by atoms with E-state index in [1.54, 1.807) is 0 Å². The highest BCUT2D eigenvalue weighted by molar-refractivity contribution is 7.59. The van der Waals surface area contributed by atoms with Crippen LogP contribution in [-0.4, -0.2) is 6.54 Å². The minimum absolute atomic E-state index is 0. The first kappa shape index (κ1) is 23.0. The number of anilines is 2. The summed E-state index contributed by atoms with van der Waals surface area (Å²) in [5.41, 5.74) is 11.2. The Hall–Kier alpha value is -1.09. The van der Waals surface area contributed by atoms with E-state index in [2.05, 4.69) is 25.7 Å². The standard InChI is InChI=1S/C12H18N2.2C2H6.H2S/c1-8(2)7-14-12-9(3)5-11(13)6-10(12)4;2*1-2;/h5-6,14H,1,7,13H2,2-4H3;2*1-2H3;1H2. The Kier molecular flexibility index (Phi) is 16.2. The molecule has 1 rings (SSSR count). The SMILES string of the molecule is C=C(C)CNc1c(C)cc(N)cc1C.CC.CC.S. The van der Waals surface area contributed by atoms with E-state index in [0.29, 0.717) is 0 Å². The Morgan fingerprint density at radius 3 is 1.79 bits per heavy atom. The van der Waals surface area contributed by atoms with Crippen molar-refractivity contribution in [1.82, 2.24) is 0 Å². The molecule has 0 atom stereocenters. The number of hydrogen-bond donors (Lipinski definition) is 2. The first-order chi connectivity index (χ1) is 8.50. The van der Waals surface area contributed by atoms with Crippen molar-refractivity contribution in [2.24, 2.45) is 0 Å². The summed E-state index contributed by atoms with van der Waals surface area (Å²) in [4.78, 5) is 0. The van der Waals surface area contributed by atoms with Crippen molar-refractivity contribution in [3.05, 3.63) is 35.4 Å². The lowest BCUT2D eigenvalue weighted by atomic mass is 10.1. The molecule has 3 heteroatoms. The third-order valence-electron chi connectivity index (χ3n) is 2.12. The summed E-state index contributed by atoms with van der Waals surface area (Å²) in [6.07, 6.45) is 0. The maximum atomic E-state index is 5.74. The van der Waals surface area contributed by atoms with E-state index in [-0.39, 0.29) is 13.5 Å². The van der Waals surface area contributed by atoms with E-state index >= 15 is 0 Å². The van der Waals surface area contributed by atoms with Gasteiger partial charge in [-0.3, -0.25) is 0 Å². The van der Waals surface area contributed by atoms with E-state index in [4.69, 9.17) is 5.73 Å². The fraction of sp³-hybridized carbons (Fsp3) is 0.500. The molecule has 0 saturated carbocycles. The number of nitrogens with one attached hydrogen (secondary N) is 1. The molecule has 0 heterocycles. The molecular weight excluding hydrogens is 252 g/mol. The second-order valence-electron chi connectivity index (χ2n) is 3.84. The zero-order valence-corrected chi connectivity index (χ0v) is 14.6. The van der Waals surface area contributed by atoms with E-state index in [1.165, 1.54) is 16.8 Å². The highest BCUT2D eigenvalue weighted by Crippen LogP contribution is 2.23. The van der Waals surface area contributed by atoms with E-state index in [0.717, 1.165) is 17.8 Å². The highest BCUT2D eigenvalue weighted by atomic mass is 32.1. The molecule has 0 bridgehead atoms. The molecule has 0 unspecified atom stereocenters.